The third-order valence-electron chi connectivity index (χ3n) is 6.73. The second kappa shape index (κ2) is 10.4. The highest BCUT2D eigenvalue weighted by Crippen LogP contribution is 2.33. The second-order valence-electron chi connectivity index (χ2n) is 9.57. The summed E-state index contributed by atoms with van der Waals surface area (Å²) in [6, 6.07) is 11.2. The van der Waals surface area contributed by atoms with Gasteiger partial charge in [-0.15, -0.1) is 0 Å². The molecule has 4 rings (SSSR count). The number of carbonyl (C=O) groups excluding carboxylic acids is 3. The number of benzene rings is 1. The van der Waals surface area contributed by atoms with Crippen LogP contribution < -0.4 is 16.0 Å². The number of nitrogen functional groups attached to an aromatic ring is 1. The maximum atomic E-state index is 13.7. The predicted molar refractivity (Wildman–Crippen MR) is 141 cm³/mol. The van der Waals surface area contributed by atoms with Crippen LogP contribution in [0.25, 0.3) is 0 Å². The van der Waals surface area contributed by atoms with Crippen molar-refractivity contribution >= 4 is 29.5 Å². The number of imide groups is 1. The van der Waals surface area contributed by atoms with Crippen LogP contribution in [0.5, 0.6) is 0 Å². The zero-order chi connectivity index (χ0) is 26.9. The molecular formula is C27H33N7O3. The topological polar surface area (TPSA) is 126 Å². The number of aromatic nitrogens is 3. The molecule has 0 spiro atoms. The van der Waals surface area contributed by atoms with Gasteiger partial charge in [0.15, 0.2) is 5.82 Å². The van der Waals surface area contributed by atoms with E-state index < -0.39 is 23.9 Å². The fraction of sp³-hybridized carbons (Fsp3) is 0.370. The van der Waals surface area contributed by atoms with Gasteiger partial charge in [-0.3, -0.25) is 24.1 Å². The van der Waals surface area contributed by atoms with E-state index in [2.05, 4.69) is 15.4 Å². The molecule has 194 valence electrons. The number of rotatable bonds is 7. The minimum absolute atomic E-state index is 0.262. The minimum Gasteiger partial charge on any atom is -0.384 e. The van der Waals surface area contributed by atoms with Gasteiger partial charge in [-0.2, -0.15) is 5.10 Å². The van der Waals surface area contributed by atoms with Crippen LogP contribution in [0.4, 0.5) is 16.4 Å². The van der Waals surface area contributed by atoms with E-state index in [0.717, 1.165) is 21.6 Å². The number of pyridine rings is 1. The zero-order valence-corrected chi connectivity index (χ0v) is 21.8. The van der Waals surface area contributed by atoms with E-state index in [1.165, 1.54) is 4.90 Å². The van der Waals surface area contributed by atoms with Gasteiger partial charge in [0.05, 0.1) is 12.0 Å². The quantitative estimate of drug-likeness (QED) is 0.478. The van der Waals surface area contributed by atoms with Crippen molar-refractivity contribution in [3.05, 3.63) is 71.0 Å². The Hall–Kier alpha value is -4.21. The van der Waals surface area contributed by atoms with Gasteiger partial charge in [0, 0.05) is 32.1 Å². The highest BCUT2D eigenvalue weighted by atomic mass is 16.2. The van der Waals surface area contributed by atoms with Crippen LogP contribution in [0.15, 0.2) is 48.7 Å². The van der Waals surface area contributed by atoms with Gasteiger partial charge in [-0.1, -0.05) is 36.8 Å². The Morgan fingerprint density at radius 2 is 1.86 bits per heavy atom. The number of likely N-dealkylation sites (tertiary alicyclic amines) is 1. The maximum Gasteiger partial charge on any atom is 0.325 e. The molecule has 0 aliphatic carbocycles. The molecule has 37 heavy (non-hydrogen) atoms. The summed E-state index contributed by atoms with van der Waals surface area (Å²) in [6.07, 6.45) is 2.61. The minimum atomic E-state index is -0.982. The van der Waals surface area contributed by atoms with Crippen molar-refractivity contribution in [3.8, 4) is 0 Å². The fourth-order valence-electron chi connectivity index (χ4n) is 4.73. The number of urea groups is 1. The number of aryl methyl sites for hydroxylation is 3. The Balaban J connectivity index is 1.60. The van der Waals surface area contributed by atoms with Crippen LogP contribution in [0, 0.1) is 19.8 Å². The lowest BCUT2D eigenvalue weighted by Crippen LogP contribution is -2.70. The maximum absolute atomic E-state index is 13.7. The fourth-order valence-corrected chi connectivity index (χ4v) is 4.73. The van der Waals surface area contributed by atoms with Crippen LogP contribution in [-0.2, 0) is 23.1 Å². The Bertz CT molecular complexity index is 1300. The number of hydrogen-bond donors (Lipinski definition) is 2. The first-order valence-corrected chi connectivity index (χ1v) is 12.3. The molecule has 1 fully saturated rings. The molecule has 0 unspecified atom stereocenters. The summed E-state index contributed by atoms with van der Waals surface area (Å²) in [5, 5.41) is 7.25. The Morgan fingerprint density at radius 1 is 1.16 bits per heavy atom. The molecule has 0 bridgehead atoms. The lowest BCUT2D eigenvalue weighted by atomic mass is 9.81. The molecule has 3 N–H and O–H groups in total. The first-order valence-electron chi connectivity index (χ1n) is 12.3. The molecule has 0 radical (unpaired) electrons. The lowest BCUT2D eigenvalue weighted by molar-refractivity contribution is -0.156. The predicted octanol–water partition coefficient (Wildman–Crippen LogP) is 2.91. The van der Waals surface area contributed by atoms with Gasteiger partial charge in [0.2, 0.25) is 5.91 Å². The van der Waals surface area contributed by atoms with Crippen LogP contribution in [-0.4, -0.2) is 50.6 Å². The van der Waals surface area contributed by atoms with Crippen LogP contribution in [0.3, 0.4) is 0 Å². The summed E-state index contributed by atoms with van der Waals surface area (Å²) in [6.45, 7) is 5.77. The number of carbonyl (C=O) groups is 3. The number of nitrogens with two attached hydrogens (primary N) is 1. The van der Waals surface area contributed by atoms with Crippen LogP contribution in [0.1, 0.15) is 41.8 Å². The van der Waals surface area contributed by atoms with Gasteiger partial charge in [0.25, 0.3) is 5.91 Å². The molecule has 3 heterocycles. The summed E-state index contributed by atoms with van der Waals surface area (Å²) in [4.78, 5) is 47.0. The van der Waals surface area contributed by atoms with E-state index in [4.69, 9.17) is 5.73 Å². The van der Waals surface area contributed by atoms with Gasteiger partial charge < -0.3 is 11.1 Å². The number of amides is 4. The third-order valence-corrected chi connectivity index (χ3v) is 6.73. The van der Waals surface area contributed by atoms with Gasteiger partial charge >= 0.3 is 6.03 Å². The molecule has 10 nitrogen and oxygen atoms in total. The molecular weight excluding hydrogens is 470 g/mol. The average molecular weight is 504 g/mol. The molecule has 3 aromatic rings. The molecule has 0 saturated carbocycles. The average Bonchev–Trinajstić information content (AvgIpc) is 3.29. The monoisotopic (exact) mass is 503 g/mol. The van der Waals surface area contributed by atoms with Crippen molar-refractivity contribution in [2.24, 2.45) is 13.0 Å². The standard InChI is InChI=1S/C27H33N7O3/c1-6-21(19-9-7-16(2)8-10-19)30-27(37)34-24(26(36)33(5)23-11-12-32(4)31-23)20(25(34)35)14-18-13-17(3)29-22(28)15-18/h7-13,15,20-21,24H,6,14H2,1-5H3,(H2,28,29)(H,30,37)/t20-,21-,24+/m1/s1. The number of likely N-dealkylation sites (N-methyl/N-ethyl adjacent to an activating group) is 1. The van der Waals surface area contributed by atoms with E-state index >= 15 is 0 Å². The molecule has 1 saturated heterocycles. The molecule has 3 atom stereocenters. The normalized spacial score (nSPS) is 17.8. The van der Waals surface area contributed by atoms with Crippen molar-refractivity contribution in [1.29, 1.82) is 0 Å². The van der Waals surface area contributed by atoms with Crippen molar-refractivity contribution < 1.29 is 14.4 Å². The zero-order valence-electron chi connectivity index (χ0n) is 21.8. The Morgan fingerprint density at radius 3 is 2.46 bits per heavy atom. The molecule has 1 aliphatic rings. The first-order chi connectivity index (χ1) is 17.6. The van der Waals surface area contributed by atoms with Crippen molar-refractivity contribution in [3.63, 3.8) is 0 Å². The van der Waals surface area contributed by atoms with Gasteiger partial charge in [-0.25, -0.2) is 9.78 Å². The Kier molecular flexibility index (Phi) is 7.28. The van der Waals surface area contributed by atoms with Crippen molar-refractivity contribution in [1.82, 2.24) is 25.0 Å². The lowest BCUT2D eigenvalue weighted by Gasteiger charge is -2.45. The third kappa shape index (κ3) is 5.32. The van der Waals surface area contributed by atoms with E-state index in [-0.39, 0.29) is 18.4 Å². The number of β-lactam (4-membered cyclic amide) rings is 1. The SMILES string of the molecule is CC[C@@H](NC(=O)N1C(=O)[C@H](Cc2cc(C)nc(N)c2)[C@H]1C(=O)N(C)c1ccn(C)n1)c1ccc(C)cc1. The summed E-state index contributed by atoms with van der Waals surface area (Å²) in [5.41, 5.74) is 9.45. The van der Waals surface area contributed by atoms with Crippen molar-refractivity contribution in [2.45, 2.75) is 45.7 Å². The van der Waals surface area contributed by atoms with Crippen LogP contribution in [0.2, 0.25) is 0 Å². The molecule has 2 aromatic heterocycles. The van der Waals surface area contributed by atoms with E-state index in [1.807, 2.05) is 51.1 Å². The Labute approximate surface area is 216 Å². The summed E-state index contributed by atoms with van der Waals surface area (Å²) in [5.74, 6) is -0.738. The van der Waals surface area contributed by atoms with E-state index in [0.29, 0.717) is 23.8 Å². The summed E-state index contributed by atoms with van der Waals surface area (Å²) in [7, 11) is 3.35. The smallest absolute Gasteiger partial charge is 0.325 e. The summed E-state index contributed by atoms with van der Waals surface area (Å²) < 4.78 is 1.59. The highest BCUT2D eigenvalue weighted by Gasteiger charge is 2.55. The second-order valence-corrected chi connectivity index (χ2v) is 9.57. The first kappa shape index (κ1) is 25.9. The molecule has 10 heteroatoms. The van der Waals surface area contributed by atoms with Gasteiger partial charge in [-0.05, 0) is 49.9 Å². The van der Waals surface area contributed by atoms with Gasteiger partial charge in [0.1, 0.15) is 11.9 Å². The number of nitrogens with zero attached hydrogens (tertiary/aromatic N) is 5. The van der Waals surface area contributed by atoms with Crippen LogP contribution >= 0.6 is 0 Å². The van der Waals surface area contributed by atoms with E-state index in [9.17, 15) is 14.4 Å². The van der Waals surface area contributed by atoms with E-state index in [1.54, 1.807) is 37.1 Å². The molecule has 1 aromatic carbocycles. The number of anilines is 2. The number of hydrogen-bond acceptors (Lipinski definition) is 6. The summed E-state index contributed by atoms with van der Waals surface area (Å²) >= 11 is 0. The largest absolute Gasteiger partial charge is 0.384 e. The van der Waals surface area contributed by atoms with Crippen molar-refractivity contribution in [2.75, 3.05) is 17.7 Å². The molecule has 1 aliphatic heterocycles. The highest BCUT2D eigenvalue weighted by molar-refractivity contribution is 6.12. The molecule has 4 amide bonds. The number of nitrogens with one attached hydrogen (secondary N) is 1.